The van der Waals surface area contributed by atoms with Gasteiger partial charge in [0.2, 0.25) is 0 Å². The second kappa shape index (κ2) is 7.75. The first kappa shape index (κ1) is 17.0. The average Bonchev–Trinajstić information content (AvgIpc) is 2.95. The highest BCUT2D eigenvalue weighted by Crippen LogP contribution is 2.44. The molecule has 21 heavy (non-hydrogen) atoms. The fraction of sp³-hybridized carbons (Fsp3) is 0.882. The van der Waals surface area contributed by atoms with E-state index >= 15 is 0 Å². The monoisotopic (exact) mass is 355 g/mol. The summed E-state index contributed by atoms with van der Waals surface area (Å²) < 4.78 is 2.09. The van der Waals surface area contributed by atoms with Gasteiger partial charge in [-0.25, -0.2) is 9.67 Å². The van der Waals surface area contributed by atoms with Crippen LogP contribution < -0.4 is 0 Å². The molecule has 0 spiro atoms. The molecule has 1 aromatic rings. The SMILES string of the molecule is CCCCC1CCC(CBr)(Cc2ncnn2C(C)C)CC1. The third kappa shape index (κ3) is 4.30. The molecule has 0 bridgehead atoms. The van der Waals surface area contributed by atoms with Crippen LogP contribution in [0.1, 0.15) is 77.6 Å². The van der Waals surface area contributed by atoms with E-state index in [1.54, 1.807) is 6.33 Å². The van der Waals surface area contributed by atoms with Crippen molar-refractivity contribution >= 4 is 15.9 Å². The first-order valence-electron chi connectivity index (χ1n) is 8.54. The van der Waals surface area contributed by atoms with Crippen LogP contribution in [0.3, 0.4) is 0 Å². The second-order valence-corrected chi connectivity index (χ2v) is 7.67. The van der Waals surface area contributed by atoms with Gasteiger partial charge in [0, 0.05) is 17.8 Å². The Kier molecular flexibility index (Phi) is 6.27. The average molecular weight is 356 g/mol. The Bertz CT molecular complexity index is 419. The molecule has 1 saturated carbocycles. The molecule has 1 aliphatic rings. The molecule has 0 amide bonds. The van der Waals surface area contributed by atoms with Crippen LogP contribution in [0, 0.1) is 11.3 Å². The van der Waals surface area contributed by atoms with Crippen molar-refractivity contribution in [1.29, 1.82) is 0 Å². The molecule has 0 atom stereocenters. The van der Waals surface area contributed by atoms with Crippen LogP contribution in [0.4, 0.5) is 0 Å². The minimum atomic E-state index is 0.391. The van der Waals surface area contributed by atoms with E-state index in [0.717, 1.165) is 23.5 Å². The van der Waals surface area contributed by atoms with Gasteiger partial charge in [0.05, 0.1) is 0 Å². The van der Waals surface area contributed by atoms with Crippen LogP contribution in [-0.4, -0.2) is 20.1 Å². The van der Waals surface area contributed by atoms with E-state index in [4.69, 9.17) is 0 Å². The Labute approximate surface area is 138 Å². The highest BCUT2D eigenvalue weighted by molar-refractivity contribution is 9.09. The fourth-order valence-electron chi connectivity index (χ4n) is 3.60. The predicted molar refractivity (Wildman–Crippen MR) is 91.8 cm³/mol. The third-order valence-corrected chi connectivity index (χ3v) is 6.27. The molecule has 2 rings (SSSR count). The molecule has 0 unspecified atom stereocenters. The van der Waals surface area contributed by atoms with E-state index in [1.807, 2.05) is 0 Å². The Morgan fingerprint density at radius 3 is 2.67 bits per heavy atom. The largest absolute Gasteiger partial charge is 0.248 e. The smallest absolute Gasteiger partial charge is 0.138 e. The summed E-state index contributed by atoms with van der Waals surface area (Å²) in [7, 11) is 0. The summed E-state index contributed by atoms with van der Waals surface area (Å²) in [6, 6.07) is 0.399. The zero-order valence-electron chi connectivity index (χ0n) is 13.8. The summed E-state index contributed by atoms with van der Waals surface area (Å²) in [6.07, 6.45) is 12.4. The van der Waals surface area contributed by atoms with Gasteiger partial charge in [-0.05, 0) is 50.9 Å². The Morgan fingerprint density at radius 1 is 1.38 bits per heavy atom. The third-order valence-electron chi connectivity index (χ3n) is 5.08. The zero-order valence-corrected chi connectivity index (χ0v) is 15.4. The van der Waals surface area contributed by atoms with Crippen molar-refractivity contribution in [3.8, 4) is 0 Å². The molecule has 4 heteroatoms. The lowest BCUT2D eigenvalue weighted by molar-refractivity contribution is 0.163. The van der Waals surface area contributed by atoms with Gasteiger partial charge in [0.1, 0.15) is 12.2 Å². The molecule has 120 valence electrons. The van der Waals surface area contributed by atoms with Gasteiger partial charge < -0.3 is 0 Å². The van der Waals surface area contributed by atoms with Crippen molar-refractivity contribution < 1.29 is 0 Å². The van der Waals surface area contributed by atoms with E-state index in [-0.39, 0.29) is 0 Å². The number of aromatic nitrogens is 3. The van der Waals surface area contributed by atoms with Crippen molar-refractivity contribution in [3.05, 3.63) is 12.2 Å². The Hall–Kier alpha value is -0.380. The summed E-state index contributed by atoms with van der Waals surface area (Å²) in [6.45, 7) is 6.66. The molecule has 1 fully saturated rings. The van der Waals surface area contributed by atoms with Gasteiger partial charge in [0.15, 0.2) is 0 Å². The van der Waals surface area contributed by atoms with Gasteiger partial charge in [-0.1, -0.05) is 42.1 Å². The van der Waals surface area contributed by atoms with E-state index in [9.17, 15) is 0 Å². The van der Waals surface area contributed by atoms with Crippen molar-refractivity contribution in [2.75, 3.05) is 5.33 Å². The highest BCUT2D eigenvalue weighted by atomic mass is 79.9. The van der Waals surface area contributed by atoms with Gasteiger partial charge in [0.25, 0.3) is 0 Å². The molecule has 1 aromatic heterocycles. The summed E-state index contributed by atoms with van der Waals surface area (Å²) in [5.74, 6) is 2.12. The normalized spacial score (nSPS) is 26.4. The fourth-order valence-corrected chi connectivity index (χ4v) is 4.36. The Morgan fingerprint density at radius 2 is 2.10 bits per heavy atom. The van der Waals surface area contributed by atoms with Crippen LogP contribution >= 0.6 is 15.9 Å². The number of alkyl halides is 1. The predicted octanol–water partition coefficient (Wildman–Crippen LogP) is 5.16. The van der Waals surface area contributed by atoms with Gasteiger partial charge >= 0.3 is 0 Å². The molecule has 0 saturated heterocycles. The molecule has 1 aliphatic carbocycles. The molecule has 3 nitrogen and oxygen atoms in total. The molecule has 0 aliphatic heterocycles. The summed E-state index contributed by atoms with van der Waals surface area (Å²) in [5.41, 5.74) is 0.391. The van der Waals surface area contributed by atoms with Crippen LogP contribution in [0.5, 0.6) is 0 Å². The van der Waals surface area contributed by atoms with Crippen molar-refractivity contribution in [2.45, 2.75) is 78.2 Å². The lowest BCUT2D eigenvalue weighted by Crippen LogP contribution is -2.32. The van der Waals surface area contributed by atoms with E-state index in [0.29, 0.717) is 11.5 Å². The minimum Gasteiger partial charge on any atom is -0.248 e. The first-order valence-corrected chi connectivity index (χ1v) is 9.66. The maximum Gasteiger partial charge on any atom is 0.138 e. The highest BCUT2D eigenvalue weighted by Gasteiger charge is 2.35. The van der Waals surface area contributed by atoms with Crippen LogP contribution in [-0.2, 0) is 6.42 Å². The maximum atomic E-state index is 4.52. The lowest BCUT2D eigenvalue weighted by Gasteiger charge is -2.39. The van der Waals surface area contributed by atoms with Crippen molar-refractivity contribution in [2.24, 2.45) is 11.3 Å². The molecule has 0 aromatic carbocycles. The molecular weight excluding hydrogens is 326 g/mol. The summed E-state index contributed by atoms with van der Waals surface area (Å²) in [4.78, 5) is 4.52. The quantitative estimate of drug-likeness (QED) is 0.632. The van der Waals surface area contributed by atoms with Crippen LogP contribution in [0.25, 0.3) is 0 Å². The standard InChI is InChI=1S/C17H30BrN3/c1-4-5-6-15-7-9-17(12-18,10-8-15)11-16-19-13-20-21(16)14(2)3/h13-15H,4-12H2,1-3H3. The number of rotatable bonds is 7. The van der Waals surface area contributed by atoms with Crippen molar-refractivity contribution in [1.82, 2.24) is 14.8 Å². The van der Waals surface area contributed by atoms with Gasteiger partial charge in [-0.3, -0.25) is 0 Å². The number of nitrogens with zero attached hydrogens (tertiary/aromatic N) is 3. The summed E-state index contributed by atoms with van der Waals surface area (Å²) >= 11 is 3.79. The van der Waals surface area contributed by atoms with Crippen molar-refractivity contribution in [3.63, 3.8) is 0 Å². The van der Waals surface area contributed by atoms with E-state index in [1.165, 1.54) is 44.9 Å². The lowest BCUT2D eigenvalue weighted by atomic mass is 9.69. The number of unbranched alkanes of at least 4 members (excludes halogenated alkanes) is 1. The van der Waals surface area contributed by atoms with Crippen LogP contribution in [0.15, 0.2) is 6.33 Å². The topological polar surface area (TPSA) is 30.7 Å². The minimum absolute atomic E-state index is 0.391. The number of hydrogen-bond acceptors (Lipinski definition) is 2. The Balaban J connectivity index is 1.98. The molecule has 0 radical (unpaired) electrons. The number of halogens is 1. The molecule has 1 heterocycles. The second-order valence-electron chi connectivity index (χ2n) is 7.11. The van der Waals surface area contributed by atoms with Crippen LogP contribution in [0.2, 0.25) is 0 Å². The van der Waals surface area contributed by atoms with E-state index < -0.39 is 0 Å². The summed E-state index contributed by atoms with van der Waals surface area (Å²) in [5, 5.41) is 5.48. The first-order chi connectivity index (χ1) is 10.1. The molecular formula is C17H30BrN3. The maximum absolute atomic E-state index is 4.52. The van der Waals surface area contributed by atoms with Gasteiger partial charge in [-0.15, -0.1) is 0 Å². The van der Waals surface area contributed by atoms with Gasteiger partial charge in [-0.2, -0.15) is 5.10 Å². The number of hydrogen-bond donors (Lipinski definition) is 0. The zero-order chi connectivity index (χ0) is 15.3. The molecule has 0 N–H and O–H groups in total. The van der Waals surface area contributed by atoms with E-state index in [2.05, 4.69) is 51.5 Å².